The van der Waals surface area contributed by atoms with Gasteiger partial charge in [-0.15, -0.1) is 0 Å². The first kappa shape index (κ1) is 19.6. The molecule has 0 atom stereocenters. The van der Waals surface area contributed by atoms with E-state index < -0.39 is 5.91 Å². The highest BCUT2D eigenvalue weighted by Gasteiger charge is 2.09. The van der Waals surface area contributed by atoms with Gasteiger partial charge in [0.15, 0.2) is 18.1 Å². The fourth-order valence-electron chi connectivity index (χ4n) is 2.10. The number of hydrogen-bond donors (Lipinski definition) is 2. The molecule has 2 aromatic carbocycles. The minimum Gasteiger partial charge on any atom is -0.503 e. The number of phenolic OH excluding ortho intramolecular Hbond substituents is 1. The predicted octanol–water partition coefficient (Wildman–Crippen LogP) is 3.59. The van der Waals surface area contributed by atoms with E-state index in [1.165, 1.54) is 12.3 Å². The number of aromatic hydroxyl groups is 1. The van der Waals surface area contributed by atoms with Crippen LogP contribution < -0.4 is 14.9 Å². The monoisotopic (exact) mass is 376 g/mol. The van der Waals surface area contributed by atoms with Crippen molar-refractivity contribution in [2.45, 2.75) is 20.8 Å². The second kappa shape index (κ2) is 9.10. The largest absolute Gasteiger partial charge is 0.503 e. The van der Waals surface area contributed by atoms with Crippen molar-refractivity contribution in [3.8, 4) is 17.2 Å². The standard InChI is InChI=1S/C19H21ClN2O4/c1-4-25-17-9-14(8-16(20)19(17)24)10-21-22-18(23)11-26-15-6-5-12(2)13(3)7-15/h5-10,24H,4,11H2,1-3H3,(H,22,23)/b21-10+. The summed E-state index contributed by atoms with van der Waals surface area (Å²) >= 11 is 5.94. The maximum Gasteiger partial charge on any atom is 0.277 e. The minimum atomic E-state index is -0.394. The number of carbonyl (C=O) groups is 1. The molecule has 1 amide bonds. The maximum atomic E-state index is 11.8. The van der Waals surface area contributed by atoms with Crippen molar-refractivity contribution in [2.24, 2.45) is 5.10 Å². The molecule has 0 saturated heterocycles. The van der Waals surface area contributed by atoms with Crippen LogP contribution in [-0.4, -0.2) is 30.4 Å². The predicted molar refractivity (Wildman–Crippen MR) is 101 cm³/mol. The van der Waals surface area contributed by atoms with Crippen molar-refractivity contribution in [1.82, 2.24) is 5.43 Å². The molecule has 0 aliphatic heterocycles. The number of amides is 1. The van der Waals surface area contributed by atoms with Crippen LogP contribution in [0.1, 0.15) is 23.6 Å². The number of rotatable bonds is 7. The molecule has 0 radical (unpaired) electrons. The van der Waals surface area contributed by atoms with Crippen molar-refractivity contribution in [2.75, 3.05) is 13.2 Å². The van der Waals surface area contributed by atoms with Crippen LogP contribution in [0.15, 0.2) is 35.4 Å². The van der Waals surface area contributed by atoms with Crippen molar-refractivity contribution >= 4 is 23.7 Å². The highest BCUT2D eigenvalue weighted by molar-refractivity contribution is 6.32. The Morgan fingerprint density at radius 1 is 1.23 bits per heavy atom. The van der Waals surface area contributed by atoms with Crippen molar-refractivity contribution in [1.29, 1.82) is 0 Å². The summed E-state index contributed by atoms with van der Waals surface area (Å²) in [6.07, 6.45) is 1.40. The molecule has 0 fully saturated rings. The van der Waals surface area contributed by atoms with Gasteiger partial charge in [0.1, 0.15) is 5.75 Å². The third kappa shape index (κ3) is 5.39. The van der Waals surface area contributed by atoms with Crippen LogP contribution >= 0.6 is 11.6 Å². The summed E-state index contributed by atoms with van der Waals surface area (Å²) in [4.78, 5) is 11.8. The molecule has 0 unspecified atom stereocenters. The topological polar surface area (TPSA) is 80.2 Å². The fraction of sp³-hybridized carbons (Fsp3) is 0.263. The van der Waals surface area contributed by atoms with E-state index in [0.717, 1.165) is 11.1 Å². The molecule has 0 aliphatic rings. The van der Waals surface area contributed by atoms with Gasteiger partial charge in [-0.2, -0.15) is 5.10 Å². The van der Waals surface area contributed by atoms with Gasteiger partial charge in [0, 0.05) is 0 Å². The number of hydrazone groups is 1. The SMILES string of the molecule is CCOc1cc(/C=N/NC(=O)COc2ccc(C)c(C)c2)cc(Cl)c1O. The zero-order valence-electron chi connectivity index (χ0n) is 14.9. The van der Waals surface area contributed by atoms with Crippen LogP contribution in [0.5, 0.6) is 17.2 Å². The summed E-state index contributed by atoms with van der Waals surface area (Å²) in [5, 5.41) is 13.8. The second-order valence-electron chi connectivity index (χ2n) is 5.61. The van der Waals surface area contributed by atoms with Crippen LogP contribution in [-0.2, 0) is 4.79 Å². The summed E-state index contributed by atoms with van der Waals surface area (Å²) in [5.41, 5.74) is 5.20. The van der Waals surface area contributed by atoms with Gasteiger partial charge in [-0.25, -0.2) is 5.43 Å². The van der Waals surface area contributed by atoms with Crippen LogP contribution in [0.4, 0.5) is 0 Å². The molecule has 138 valence electrons. The highest BCUT2D eigenvalue weighted by Crippen LogP contribution is 2.34. The van der Waals surface area contributed by atoms with Gasteiger partial charge in [0.2, 0.25) is 0 Å². The lowest BCUT2D eigenvalue weighted by molar-refractivity contribution is -0.123. The summed E-state index contributed by atoms with van der Waals surface area (Å²) in [6, 6.07) is 8.71. The van der Waals surface area contributed by atoms with Gasteiger partial charge < -0.3 is 14.6 Å². The molecule has 0 aliphatic carbocycles. The van der Waals surface area contributed by atoms with E-state index >= 15 is 0 Å². The van der Waals surface area contributed by atoms with Crippen molar-refractivity contribution in [3.05, 3.63) is 52.0 Å². The third-order valence-electron chi connectivity index (χ3n) is 3.60. The number of nitrogens with one attached hydrogen (secondary N) is 1. The smallest absolute Gasteiger partial charge is 0.277 e. The van der Waals surface area contributed by atoms with Crippen LogP contribution in [0.3, 0.4) is 0 Å². The maximum absolute atomic E-state index is 11.8. The van der Waals surface area contributed by atoms with Gasteiger partial charge in [-0.05, 0) is 61.7 Å². The molecule has 26 heavy (non-hydrogen) atoms. The molecule has 2 N–H and O–H groups in total. The van der Waals surface area contributed by atoms with Gasteiger partial charge in [0.05, 0.1) is 17.8 Å². The third-order valence-corrected chi connectivity index (χ3v) is 3.89. The molecule has 2 rings (SSSR count). The van der Waals surface area contributed by atoms with E-state index in [1.807, 2.05) is 32.0 Å². The Kier molecular flexibility index (Phi) is 6.86. The quantitative estimate of drug-likeness (QED) is 0.571. The molecule has 0 saturated carbocycles. The molecular formula is C19H21ClN2O4. The first-order chi connectivity index (χ1) is 12.4. The molecule has 0 aromatic heterocycles. The van der Waals surface area contributed by atoms with Gasteiger partial charge in [0.25, 0.3) is 5.91 Å². The Morgan fingerprint density at radius 2 is 2.00 bits per heavy atom. The van der Waals surface area contributed by atoms with E-state index in [1.54, 1.807) is 13.0 Å². The molecular weight excluding hydrogens is 356 g/mol. The lowest BCUT2D eigenvalue weighted by Crippen LogP contribution is -2.24. The molecule has 0 heterocycles. The summed E-state index contributed by atoms with van der Waals surface area (Å²) < 4.78 is 10.7. The van der Waals surface area contributed by atoms with Crippen LogP contribution in [0, 0.1) is 13.8 Å². The normalized spacial score (nSPS) is 10.8. The Labute approximate surface area is 157 Å². The fourth-order valence-corrected chi connectivity index (χ4v) is 2.32. The molecule has 0 spiro atoms. The summed E-state index contributed by atoms with van der Waals surface area (Å²) in [6.45, 7) is 6.01. The number of phenols is 1. The zero-order chi connectivity index (χ0) is 19.1. The Hall–Kier alpha value is -2.73. The number of hydrogen-bond acceptors (Lipinski definition) is 5. The Morgan fingerprint density at radius 3 is 2.69 bits per heavy atom. The second-order valence-corrected chi connectivity index (χ2v) is 6.02. The van der Waals surface area contributed by atoms with E-state index in [4.69, 9.17) is 21.1 Å². The first-order valence-electron chi connectivity index (χ1n) is 8.08. The van der Waals surface area contributed by atoms with Gasteiger partial charge in [-0.3, -0.25) is 4.79 Å². The van der Waals surface area contributed by atoms with Crippen molar-refractivity contribution in [3.63, 3.8) is 0 Å². The average Bonchev–Trinajstić information content (AvgIpc) is 2.60. The van der Waals surface area contributed by atoms with E-state index in [-0.39, 0.29) is 23.1 Å². The molecule has 0 bridgehead atoms. The molecule has 2 aromatic rings. The first-order valence-corrected chi connectivity index (χ1v) is 8.45. The van der Waals surface area contributed by atoms with Crippen LogP contribution in [0.2, 0.25) is 5.02 Å². The van der Waals surface area contributed by atoms with Crippen LogP contribution in [0.25, 0.3) is 0 Å². The molecule has 7 heteroatoms. The Bertz CT molecular complexity index is 821. The minimum absolute atomic E-state index is 0.128. The van der Waals surface area contributed by atoms with E-state index in [2.05, 4.69) is 10.5 Å². The number of nitrogens with zero attached hydrogens (tertiary/aromatic N) is 1. The summed E-state index contributed by atoms with van der Waals surface area (Å²) in [7, 11) is 0. The van der Waals surface area contributed by atoms with Gasteiger partial charge in [-0.1, -0.05) is 17.7 Å². The summed E-state index contributed by atoms with van der Waals surface area (Å²) in [5.74, 6) is 0.357. The lowest BCUT2D eigenvalue weighted by Gasteiger charge is -2.08. The number of carbonyl (C=O) groups excluding carboxylic acids is 1. The number of aryl methyl sites for hydroxylation is 2. The zero-order valence-corrected chi connectivity index (χ0v) is 15.6. The lowest BCUT2D eigenvalue weighted by atomic mass is 10.1. The number of halogens is 1. The Balaban J connectivity index is 1.91. The number of ether oxygens (including phenoxy) is 2. The van der Waals surface area contributed by atoms with E-state index in [9.17, 15) is 9.90 Å². The number of benzene rings is 2. The van der Waals surface area contributed by atoms with Gasteiger partial charge >= 0.3 is 0 Å². The molecule has 6 nitrogen and oxygen atoms in total. The highest BCUT2D eigenvalue weighted by atomic mass is 35.5. The van der Waals surface area contributed by atoms with E-state index in [0.29, 0.717) is 17.9 Å². The average molecular weight is 377 g/mol. The van der Waals surface area contributed by atoms with Crippen molar-refractivity contribution < 1.29 is 19.4 Å².